The molecular weight excluding hydrogens is 352 g/mol. The van der Waals surface area contributed by atoms with Gasteiger partial charge in [-0.15, -0.1) is 0 Å². The summed E-state index contributed by atoms with van der Waals surface area (Å²) in [6, 6.07) is 16.7. The van der Waals surface area contributed by atoms with Crippen LogP contribution in [0, 0.1) is 6.92 Å². The van der Waals surface area contributed by atoms with E-state index < -0.39 is 0 Å². The summed E-state index contributed by atoms with van der Waals surface area (Å²) in [5.74, 6) is 0.485. The highest BCUT2D eigenvalue weighted by Gasteiger charge is 2.16. The van der Waals surface area contributed by atoms with Gasteiger partial charge in [0.15, 0.2) is 0 Å². The Hall–Kier alpha value is -3.67. The van der Waals surface area contributed by atoms with Gasteiger partial charge in [0.1, 0.15) is 5.75 Å². The maximum Gasteiger partial charge on any atom is 0.256 e. The third-order valence-electron chi connectivity index (χ3n) is 4.58. The Bertz CT molecular complexity index is 1180. The summed E-state index contributed by atoms with van der Waals surface area (Å²) < 4.78 is 6.98. The summed E-state index contributed by atoms with van der Waals surface area (Å²) in [5.41, 5.74) is 4.49. The zero-order valence-corrected chi connectivity index (χ0v) is 15.9. The molecule has 2 heterocycles. The van der Waals surface area contributed by atoms with Crippen molar-refractivity contribution < 1.29 is 9.53 Å². The molecule has 0 saturated heterocycles. The second-order valence-corrected chi connectivity index (χ2v) is 6.56. The number of rotatable bonds is 4. The monoisotopic (exact) mass is 372 g/mol. The van der Waals surface area contributed by atoms with E-state index in [9.17, 15) is 4.79 Å². The third-order valence-corrected chi connectivity index (χ3v) is 4.58. The van der Waals surface area contributed by atoms with Crippen molar-refractivity contribution >= 4 is 22.5 Å². The van der Waals surface area contributed by atoms with Crippen LogP contribution in [0.3, 0.4) is 0 Å². The van der Waals surface area contributed by atoms with Crippen LogP contribution < -0.4 is 10.1 Å². The number of nitrogens with zero attached hydrogens (tertiary/aromatic N) is 3. The van der Waals surface area contributed by atoms with Crippen molar-refractivity contribution in [1.82, 2.24) is 14.8 Å². The van der Waals surface area contributed by atoms with Gasteiger partial charge >= 0.3 is 0 Å². The molecule has 0 aliphatic heterocycles. The second kappa shape index (κ2) is 7.15. The number of para-hydroxylation sites is 1. The van der Waals surface area contributed by atoms with Gasteiger partial charge < -0.3 is 10.1 Å². The number of methoxy groups -OCH3 is 1. The van der Waals surface area contributed by atoms with Crippen molar-refractivity contribution in [2.75, 3.05) is 12.4 Å². The molecule has 0 atom stereocenters. The first kappa shape index (κ1) is 17.7. The van der Waals surface area contributed by atoms with E-state index in [0.717, 1.165) is 27.9 Å². The molecule has 0 bridgehead atoms. The molecule has 0 unspecified atom stereocenters. The van der Waals surface area contributed by atoms with Crippen LogP contribution in [0.25, 0.3) is 22.2 Å². The van der Waals surface area contributed by atoms with E-state index in [2.05, 4.69) is 10.4 Å². The van der Waals surface area contributed by atoms with E-state index in [1.165, 1.54) is 0 Å². The van der Waals surface area contributed by atoms with Crippen LogP contribution in [-0.4, -0.2) is 27.8 Å². The Morgan fingerprint density at radius 1 is 1.11 bits per heavy atom. The average molecular weight is 372 g/mol. The van der Waals surface area contributed by atoms with Crippen LogP contribution in [0.2, 0.25) is 0 Å². The van der Waals surface area contributed by atoms with Crippen LogP contribution in [0.15, 0.2) is 60.8 Å². The summed E-state index contributed by atoms with van der Waals surface area (Å²) in [4.78, 5) is 17.8. The Balaban J connectivity index is 1.80. The Kier molecular flexibility index (Phi) is 4.53. The van der Waals surface area contributed by atoms with Crippen LogP contribution in [0.1, 0.15) is 16.1 Å². The minimum atomic E-state index is -0.199. The zero-order valence-electron chi connectivity index (χ0n) is 15.9. The molecule has 0 aliphatic carbocycles. The molecule has 1 amide bonds. The van der Waals surface area contributed by atoms with E-state index in [1.807, 2.05) is 68.7 Å². The Labute approximate surface area is 162 Å². The SMILES string of the molecule is COc1cccc(NC(=O)c2cc(-c3cn(C)nc3C)nc3ccccc23)c1. The molecule has 0 aliphatic rings. The largest absolute Gasteiger partial charge is 0.497 e. The summed E-state index contributed by atoms with van der Waals surface area (Å²) in [5, 5.41) is 8.15. The number of ether oxygens (including phenoxy) is 1. The number of fused-ring (bicyclic) bond motifs is 1. The van der Waals surface area contributed by atoms with Gasteiger partial charge in [0.2, 0.25) is 0 Å². The molecule has 140 valence electrons. The minimum absolute atomic E-state index is 0.199. The number of aryl methyl sites for hydroxylation is 2. The fraction of sp³-hybridized carbons (Fsp3) is 0.136. The van der Waals surface area contributed by atoms with E-state index in [0.29, 0.717) is 17.0 Å². The predicted octanol–water partition coefficient (Wildman–Crippen LogP) is 4.20. The number of amides is 1. The Morgan fingerprint density at radius 3 is 2.68 bits per heavy atom. The maximum absolute atomic E-state index is 13.1. The van der Waals surface area contributed by atoms with Gasteiger partial charge in [-0.25, -0.2) is 4.98 Å². The van der Waals surface area contributed by atoms with Crippen molar-refractivity contribution in [3.8, 4) is 17.0 Å². The Morgan fingerprint density at radius 2 is 1.93 bits per heavy atom. The number of benzene rings is 2. The molecule has 4 rings (SSSR count). The highest BCUT2D eigenvalue weighted by molar-refractivity contribution is 6.13. The number of carbonyl (C=O) groups excluding carboxylic acids is 1. The smallest absolute Gasteiger partial charge is 0.256 e. The van der Waals surface area contributed by atoms with Crippen molar-refractivity contribution in [2.45, 2.75) is 6.92 Å². The second-order valence-electron chi connectivity index (χ2n) is 6.56. The highest BCUT2D eigenvalue weighted by atomic mass is 16.5. The summed E-state index contributed by atoms with van der Waals surface area (Å²) >= 11 is 0. The summed E-state index contributed by atoms with van der Waals surface area (Å²) in [6.07, 6.45) is 1.91. The summed E-state index contributed by atoms with van der Waals surface area (Å²) in [7, 11) is 3.47. The van der Waals surface area contributed by atoms with E-state index in [1.54, 1.807) is 17.9 Å². The van der Waals surface area contributed by atoms with Gasteiger partial charge in [0.05, 0.1) is 29.6 Å². The quantitative estimate of drug-likeness (QED) is 0.583. The van der Waals surface area contributed by atoms with Crippen molar-refractivity contribution in [3.05, 3.63) is 72.1 Å². The van der Waals surface area contributed by atoms with Crippen molar-refractivity contribution in [1.29, 1.82) is 0 Å². The molecule has 2 aromatic heterocycles. The van der Waals surface area contributed by atoms with Gasteiger partial charge in [-0.2, -0.15) is 5.10 Å². The highest BCUT2D eigenvalue weighted by Crippen LogP contribution is 2.27. The predicted molar refractivity (Wildman–Crippen MR) is 110 cm³/mol. The van der Waals surface area contributed by atoms with Gasteiger partial charge in [0, 0.05) is 35.9 Å². The van der Waals surface area contributed by atoms with Gasteiger partial charge in [-0.3, -0.25) is 9.48 Å². The molecule has 0 saturated carbocycles. The number of hydrogen-bond donors (Lipinski definition) is 1. The number of pyridine rings is 1. The van der Waals surface area contributed by atoms with Crippen LogP contribution in [0.5, 0.6) is 5.75 Å². The molecule has 1 N–H and O–H groups in total. The normalized spacial score (nSPS) is 10.8. The molecule has 0 radical (unpaired) electrons. The molecule has 4 aromatic rings. The third kappa shape index (κ3) is 3.32. The molecule has 28 heavy (non-hydrogen) atoms. The lowest BCUT2D eigenvalue weighted by Gasteiger charge is -2.11. The number of nitrogens with one attached hydrogen (secondary N) is 1. The number of aromatic nitrogens is 3. The molecule has 6 nitrogen and oxygen atoms in total. The average Bonchev–Trinajstić information content (AvgIpc) is 3.05. The molecule has 0 spiro atoms. The fourth-order valence-corrected chi connectivity index (χ4v) is 3.25. The lowest BCUT2D eigenvalue weighted by Crippen LogP contribution is -2.13. The van der Waals surface area contributed by atoms with E-state index in [-0.39, 0.29) is 5.91 Å². The minimum Gasteiger partial charge on any atom is -0.497 e. The first-order valence-corrected chi connectivity index (χ1v) is 8.91. The number of anilines is 1. The number of carbonyl (C=O) groups is 1. The lowest BCUT2D eigenvalue weighted by atomic mass is 10.0. The molecule has 2 aromatic carbocycles. The standard InChI is InChI=1S/C22H20N4O2/c1-14-19(13-26(2)25-14)21-12-18(17-9-4-5-10-20(17)24-21)22(27)23-15-7-6-8-16(11-15)28-3/h4-13H,1-3H3,(H,23,27). The number of hydrogen-bond acceptors (Lipinski definition) is 4. The van der Waals surface area contributed by atoms with Crippen LogP contribution in [-0.2, 0) is 7.05 Å². The molecular formula is C22H20N4O2. The van der Waals surface area contributed by atoms with E-state index >= 15 is 0 Å². The topological polar surface area (TPSA) is 69.0 Å². The van der Waals surface area contributed by atoms with Crippen LogP contribution >= 0.6 is 0 Å². The van der Waals surface area contributed by atoms with Crippen LogP contribution in [0.4, 0.5) is 5.69 Å². The van der Waals surface area contributed by atoms with Crippen molar-refractivity contribution in [3.63, 3.8) is 0 Å². The lowest BCUT2D eigenvalue weighted by molar-refractivity contribution is 0.102. The first-order valence-electron chi connectivity index (χ1n) is 8.91. The maximum atomic E-state index is 13.1. The van der Waals surface area contributed by atoms with Crippen molar-refractivity contribution in [2.24, 2.45) is 7.05 Å². The first-order chi connectivity index (χ1) is 13.5. The summed E-state index contributed by atoms with van der Waals surface area (Å²) in [6.45, 7) is 1.93. The van der Waals surface area contributed by atoms with Gasteiger partial charge in [0.25, 0.3) is 5.91 Å². The zero-order chi connectivity index (χ0) is 19.7. The molecule has 0 fully saturated rings. The van der Waals surface area contributed by atoms with Gasteiger partial charge in [-0.1, -0.05) is 24.3 Å². The van der Waals surface area contributed by atoms with Gasteiger partial charge in [-0.05, 0) is 31.2 Å². The fourth-order valence-electron chi connectivity index (χ4n) is 3.25. The van der Waals surface area contributed by atoms with E-state index in [4.69, 9.17) is 9.72 Å². The molecule has 6 heteroatoms.